The molecule has 0 bridgehead atoms. The minimum absolute atomic E-state index is 0.118. The summed E-state index contributed by atoms with van der Waals surface area (Å²) >= 11 is 0. The molecule has 1 aliphatic heterocycles. The lowest BCUT2D eigenvalue weighted by atomic mass is 9.93. The zero-order valence-corrected chi connectivity index (χ0v) is 16.5. The summed E-state index contributed by atoms with van der Waals surface area (Å²) in [4.78, 5) is 30.9. The molecule has 154 valence electrons. The summed E-state index contributed by atoms with van der Waals surface area (Å²) in [7, 11) is 1.32. The van der Waals surface area contributed by atoms with Crippen LogP contribution in [-0.4, -0.2) is 34.9 Å². The van der Waals surface area contributed by atoms with Crippen LogP contribution in [0, 0.1) is 5.82 Å². The maximum absolute atomic E-state index is 13.9. The van der Waals surface area contributed by atoms with E-state index >= 15 is 0 Å². The van der Waals surface area contributed by atoms with Crippen molar-refractivity contribution in [2.45, 2.75) is 31.8 Å². The highest BCUT2D eigenvalue weighted by molar-refractivity contribution is 5.85. The van der Waals surface area contributed by atoms with E-state index in [4.69, 9.17) is 9.15 Å². The predicted octanol–water partition coefficient (Wildman–Crippen LogP) is 3.54. The number of methoxy groups -OCH3 is 1. The number of benzene rings is 2. The zero-order chi connectivity index (χ0) is 21.1. The normalized spacial score (nSPS) is 15.5. The van der Waals surface area contributed by atoms with Crippen molar-refractivity contribution in [1.82, 2.24) is 9.88 Å². The van der Waals surface area contributed by atoms with E-state index in [2.05, 4.69) is 4.98 Å². The molecule has 6 nitrogen and oxygen atoms in total. The van der Waals surface area contributed by atoms with Crippen LogP contribution in [0.25, 0.3) is 11.3 Å². The van der Waals surface area contributed by atoms with Crippen molar-refractivity contribution in [3.63, 3.8) is 0 Å². The summed E-state index contributed by atoms with van der Waals surface area (Å²) in [5, 5.41) is 0. The highest BCUT2D eigenvalue weighted by Crippen LogP contribution is 2.26. The minimum Gasteiger partial charge on any atom is -0.467 e. The number of hydrogen-bond donors (Lipinski definition) is 0. The van der Waals surface area contributed by atoms with Crippen LogP contribution in [0.3, 0.4) is 0 Å². The molecular formula is C23H21FN2O4. The van der Waals surface area contributed by atoms with Gasteiger partial charge in [-0.3, -0.25) is 4.79 Å². The number of aryl methyl sites for hydroxylation is 1. The number of hydrogen-bond acceptors (Lipinski definition) is 5. The zero-order valence-electron chi connectivity index (χ0n) is 16.5. The first kappa shape index (κ1) is 19.8. The largest absolute Gasteiger partial charge is 0.467 e. The first-order valence-corrected chi connectivity index (χ1v) is 9.70. The van der Waals surface area contributed by atoms with E-state index in [-0.39, 0.29) is 18.7 Å². The summed E-state index contributed by atoms with van der Waals surface area (Å²) in [6.07, 6.45) is 2.24. The van der Waals surface area contributed by atoms with Crippen LogP contribution in [0.1, 0.15) is 23.4 Å². The molecule has 0 radical (unpaired) electrons. The standard InChI is InChI=1S/C23H21FN2O4/c1-29-23(28)19-12-15-6-2-3-7-16(15)14-26(19)22(27)11-10-21-25-13-20(30-21)17-8-4-5-9-18(17)24/h2-9,13,19H,10-12,14H2,1H3. The van der Waals surface area contributed by atoms with Crippen LogP contribution in [0.2, 0.25) is 0 Å². The number of carbonyl (C=O) groups is 2. The van der Waals surface area contributed by atoms with E-state index in [0.717, 1.165) is 11.1 Å². The van der Waals surface area contributed by atoms with Gasteiger partial charge in [-0.05, 0) is 23.3 Å². The number of amides is 1. The summed E-state index contributed by atoms with van der Waals surface area (Å²) in [6, 6.07) is 13.4. The molecular weight excluding hydrogens is 387 g/mol. The third-order valence-corrected chi connectivity index (χ3v) is 5.29. The maximum atomic E-state index is 13.9. The van der Waals surface area contributed by atoms with Gasteiger partial charge in [0.2, 0.25) is 5.91 Å². The number of fused-ring (bicyclic) bond motifs is 1. The Hall–Kier alpha value is -3.48. The van der Waals surface area contributed by atoms with E-state index in [1.54, 1.807) is 23.1 Å². The Balaban J connectivity index is 1.47. The lowest BCUT2D eigenvalue weighted by Crippen LogP contribution is -2.49. The Labute approximate surface area is 173 Å². The second kappa shape index (κ2) is 8.49. The molecule has 0 spiro atoms. The first-order chi connectivity index (χ1) is 14.6. The molecule has 1 amide bonds. The van der Waals surface area contributed by atoms with Crippen molar-refractivity contribution in [3.8, 4) is 11.3 Å². The van der Waals surface area contributed by atoms with Gasteiger partial charge in [0.25, 0.3) is 0 Å². The summed E-state index contributed by atoms with van der Waals surface area (Å²) in [5.41, 5.74) is 2.38. The van der Waals surface area contributed by atoms with Gasteiger partial charge in [0.1, 0.15) is 11.9 Å². The molecule has 0 N–H and O–H groups in total. The molecule has 1 atom stereocenters. The van der Waals surface area contributed by atoms with E-state index in [1.807, 2.05) is 24.3 Å². The molecule has 30 heavy (non-hydrogen) atoms. The van der Waals surface area contributed by atoms with Crippen LogP contribution >= 0.6 is 0 Å². The van der Waals surface area contributed by atoms with E-state index in [0.29, 0.717) is 30.2 Å². The number of halogens is 1. The number of rotatable bonds is 5. The van der Waals surface area contributed by atoms with Crippen LogP contribution in [0.5, 0.6) is 0 Å². The molecule has 7 heteroatoms. The Bertz CT molecular complexity index is 1080. The summed E-state index contributed by atoms with van der Waals surface area (Å²) < 4.78 is 24.5. The van der Waals surface area contributed by atoms with Crippen LogP contribution in [0.15, 0.2) is 59.1 Å². The monoisotopic (exact) mass is 408 g/mol. The fraction of sp³-hybridized carbons (Fsp3) is 0.261. The van der Waals surface area contributed by atoms with Crippen molar-refractivity contribution in [2.75, 3.05) is 7.11 Å². The van der Waals surface area contributed by atoms with Crippen LogP contribution in [-0.2, 0) is 33.7 Å². The van der Waals surface area contributed by atoms with Gasteiger partial charge in [-0.1, -0.05) is 36.4 Å². The van der Waals surface area contributed by atoms with Gasteiger partial charge < -0.3 is 14.1 Å². The molecule has 2 aromatic carbocycles. The van der Waals surface area contributed by atoms with Crippen molar-refractivity contribution in [3.05, 3.63) is 77.6 Å². The Morgan fingerprint density at radius 3 is 2.67 bits per heavy atom. The van der Waals surface area contributed by atoms with Crippen molar-refractivity contribution in [1.29, 1.82) is 0 Å². The topological polar surface area (TPSA) is 72.6 Å². The SMILES string of the molecule is COC(=O)C1Cc2ccccc2CN1C(=O)CCc1ncc(-c2ccccc2F)o1. The van der Waals surface area contributed by atoms with E-state index in [9.17, 15) is 14.0 Å². The van der Waals surface area contributed by atoms with E-state index < -0.39 is 17.8 Å². The molecule has 0 fully saturated rings. The Morgan fingerprint density at radius 1 is 1.17 bits per heavy atom. The molecule has 0 saturated heterocycles. The predicted molar refractivity (Wildman–Crippen MR) is 107 cm³/mol. The fourth-order valence-electron chi connectivity index (χ4n) is 3.70. The highest BCUT2D eigenvalue weighted by atomic mass is 19.1. The Kier molecular flexibility index (Phi) is 5.61. The quantitative estimate of drug-likeness (QED) is 0.604. The van der Waals surface area contributed by atoms with Crippen molar-refractivity contribution in [2.24, 2.45) is 0 Å². The van der Waals surface area contributed by atoms with Crippen molar-refractivity contribution < 1.29 is 23.1 Å². The number of carbonyl (C=O) groups excluding carboxylic acids is 2. The molecule has 4 rings (SSSR count). The average Bonchev–Trinajstić information content (AvgIpc) is 3.25. The fourth-order valence-corrected chi connectivity index (χ4v) is 3.70. The van der Waals surface area contributed by atoms with Gasteiger partial charge in [0, 0.05) is 25.8 Å². The highest BCUT2D eigenvalue weighted by Gasteiger charge is 2.35. The maximum Gasteiger partial charge on any atom is 0.328 e. The van der Waals surface area contributed by atoms with Gasteiger partial charge in [0.05, 0.1) is 18.9 Å². The molecule has 1 aromatic heterocycles. The van der Waals surface area contributed by atoms with Crippen LogP contribution in [0.4, 0.5) is 4.39 Å². The van der Waals surface area contributed by atoms with Gasteiger partial charge in [-0.25, -0.2) is 14.2 Å². The van der Waals surface area contributed by atoms with Gasteiger partial charge in [0.15, 0.2) is 11.7 Å². The molecule has 0 aliphatic carbocycles. The van der Waals surface area contributed by atoms with Gasteiger partial charge in [-0.15, -0.1) is 0 Å². The molecule has 2 heterocycles. The summed E-state index contributed by atoms with van der Waals surface area (Å²) in [5.74, 6) is -0.367. The number of aromatic nitrogens is 1. The van der Waals surface area contributed by atoms with E-state index in [1.165, 1.54) is 19.4 Å². The molecule has 0 saturated carbocycles. The molecule has 3 aromatic rings. The lowest BCUT2D eigenvalue weighted by Gasteiger charge is -2.35. The number of oxazole rings is 1. The van der Waals surface area contributed by atoms with Crippen molar-refractivity contribution >= 4 is 11.9 Å². The third-order valence-electron chi connectivity index (χ3n) is 5.29. The molecule has 1 aliphatic rings. The second-order valence-electron chi connectivity index (χ2n) is 7.13. The third kappa shape index (κ3) is 3.96. The lowest BCUT2D eigenvalue weighted by molar-refractivity contribution is -0.154. The van der Waals surface area contributed by atoms with Crippen LogP contribution < -0.4 is 0 Å². The smallest absolute Gasteiger partial charge is 0.328 e. The number of ether oxygens (including phenoxy) is 1. The van der Waals surface area contributed by atoms with Gasteiger partial charge in [-0.2, -0.15) is 0 Å². The Morgan fingerprint density at radius 2 is 1.90 bits per heavy atom. The minimum atomic E-state index is -0.657. The summed E-state index contributed by atoms with van der Waals surface area (Å²) in [6.45, 7) is 0.348. The first-order valence-electron chi connectivity index (χ1n) is 9.70. The number of nitrogens with zero attached hydrogens (tertiary/aromatic N) is 2. The second-order valence-corrected chi connectivity index (χ2v) is 7.13. The van der Waals surface area contributed by atoms with Gasteiger partial charge >= 0.3 is 5.97 Å². The average molecular weight is 408 g/mol. The number of esters is 1. The molecule has 1 unspecified atom stereocenters.